The Morgan fingerprint density at radius 3 is 2.38 bits per heavy atom. The standard InChI is InChI=1S/C26H40N4O4/c1-27-23(25(34-26(27)32)30-17-15-29(16-18-30)20-24(31)33-2)10-6-9-21-11-13-28(14-12-21)19-22-7-4-3-5-8-22/h3-5,7-8,21,23,25H,6,9-20H2,1-2H3. The molecule has 3 aliphatic rings. The first-order valence-electron chi connectivity index (χ1n) is 12.8. The summed E-state index contributed by atoms with van der Waals surface area (Å²) in [6, 6.07) is 10.8. The number of hydrogen-bond donors (Lipinski definition) is 0. The molecule has 0 radical (unpaired) electrons. The van der Waals surface area contributed by atoms with Crippen molar-refractivity contribution in [3.63, 3.8) is 0 Å². The van der Waals surface area contributed by atoms with Gasteiger partial charge in [-0.15, -0.1) is 0 Å². The number of cyclic esters (lactones) is 1. The SMILES string of the molecule is COC(=O)CN1CCN(C2OC(=O)N(C)C2CCCC2CCN(Cc3ccccc3)CC2)CC1. The second-order valence-corrected chi connectivity index (χ2v) is 9.98. The molecule has 0 aromatic heterocycles. The molecule has 188 valence electrons. The average Bonchev–Trinajstić information content (AvgIpc) is 3.14. The predicted octanol–water partition coefficient (Wildman–Crippen LogP) is 2.64. The molecule has 1 aromatic rings. The predicted molar refractivity (Wildman–Crippen MR) is 130 cm³/mol. The summed E-state index contributed by atoms with van der Waals surface area (Å²) in [5.41, 5.74) is 1.40. The maximum Gasteiger partial charge on any atom is 0.411 e. The normalized spacial score (nSPS) is 25.5. The van der Waals surface area contributed by atoms with Gasteiger partial charge in [0.15, 0.2) is 6.23 Å². The van der Waals surface area contributed by atoms with Gasteiger partial charge in [-0.3, -0.25) is 19.5 Å². The van der Waals surface area contributed by atoms with E-state index < -0.39 is 0 Å². The van der Waals surface area contributed by atoms with Gasteiger partial charge in [0.2, 0.25) is 0 Å². The first-order chi connectivity index (χ1) is 16.5. The fourth-order valence-electron chi connectivity index (χ4n) is 5.56. The zero-order valence-electron chi connectivity index (χ0n) is 20.7. The molecule has 4 rings (SSSR count). The first kappa shape index (κ1) is 24.9. The summed E-state index contributed by atoms with van der Waals surface area (Å²) >= 11 is 0. The molecule has 34 heavy (non-hydrogen) atoms. The Labute approximate surface area is 203 Å². The van der Waals surface area contributed by atoms with Crippen molar-refractivity contribution in [3.05, 3.63) is 35.9 Å². The quantitative estimate of drug-likeness (QED) is 0.512. The highest BCUT2D eigenvalue weighted by molar-refractivity contribution is 5.71. The smallest absolute Gasteiger partial charge is 0.411 e. The molecular formula is C26H40N4O4. The van der Waals surface area contributed by atoms with Crippen LogP contribution >= 0.6 is 0 Å². The van der Waals surface area contributed by atoms with Crippen LogP contribution in [0.5, 0.6) is 0 Å². The highest BCUT2D eigenvalue weighted by Crippen LogP contribution is 2.29. The number of amides is 1. The molecule has 0 aliphatic carbocycles. The van der Waals surface area contributed by atoms with Crippen molar-refractivity contribution in [2.75, 3.05) is 60.0 Å². The minimum absolute atomic E-state index is 0.0952. The van der Waals surface area contributed by atoms with Gasteiger partial charge in [0.1, 0.15) is 0 Å². The van der Waals surface area contributed by atoms with Crippen LogP contribution < -0.4 is 0 Å². The largest absolute Gasteiger partial charge is 0.468 e. The topological polar surface area (TPSA) is 65.6 Å². The molecule has 3 fully saturated rings. The number of nitrogens with zero attached hydrogens (tertiary/aromatic N) is 4. The summed E-state index contributed by atoms with van der Waals surface area (Å²) in [6.45, 7) is 6.85. The van der Waals surface area contributed by atoms with Crippen molar-refractivity contribution >= 4 is 12.1 Å². The highest BCUT2D eigenvalue weighted by atomic mass is 16.6. The molecule has 3 saturated heterocycles. The summed E-state index contributed by atoms with van der Waals surface area (Å²) < 4.78 is 10.6. The van der Waals surface area contributed by atoms with Gasteiger partial charge in [0.25, 0.3) is 0 Å². The molecule has 0 saturated carbocycles. The van der Waals surface area contributed by atoms with Crippen molar-refractivity contribution in [1.29, 1.82) is 0 Å². The van der Waals surface area contributed by atoms with E-state index in [-0.39, 0.29) is 24.3 Å². The molecule has 0 spiro atoms. The lowest BCUT2D eigenvalue weighted by atomic mass is 9.90. The summed E-state index contributed by atoms with van der Waals surface area (Å²) in [4.78, 5) is 32.6. The molecule has 3 heterocycles. The zero-order valence-corrected chi connectivity index (χ0v) is 20.7. The molecule has 2 atom stereocenters. The number of rotatable bonds is 9. The monoisotopic (exact) mass is 472 g/mol. The van der Waals surface area contributed by atoms with E-state index >= 15 is 0 Å². The van der Waals surface area contributed by atoms with Gasteiger partial charge in [-0.2, -0.15) is 0 Å². The maximum atomic E-state index is 12.3. The van der Waals surface area contributed by atoms with E-state index in [4.69, 9.17) is 9.47 Å². The van der Waals surface area contributed by atoms with Crippen LogP contribution in [-0.4, -0.2) is 104 Å². The molecule has 3 aliphatic heterocycles. The number of methoxy groups -OCH3 is 1. The average molecular weight is 473 g/mol. The van der Waals surface area contributed by atoms with E-state index in [1.54, 1.807) is 4.90 Å². The third-order valence-corrected chi connectivity index (χ3v) is 7.75. The van der Waals surface area contributed by atoms with Gasteiger partial charge in [-0.1, -0.05) is 43.2 Å². The highest BCUT2D eigenvalue weighted by Gasteiger charge is 2.43. The fraction of sp³-hybridized carbons (Fsp3) is 0.692. The Kier molecular flexibility index (Phi) is 8.80. The Bertz CT molecular complexity index is 791. The second kappa shape index (κ2) is 12.0. The van der Waals surface area contributed by atoms with E-state index in [9.17, 15) is 9.59 Å². The summed E-state index contributed by atoms with van der Waals surface area (Å²) in [7, 11) is 3.29. The van der Waals surface area contributed by atoms with Crippen LogP contribution in [0.3, 0.4) is 0 Å². The van der Waals surface area contributed by atoms with Crippen molar-refractivity contribution in [2.24, 2.45) is 5.92 Å². The third-order valence-electron chi connectivity index (χ3n) is 7.75. The molecule has 0 bridgehead atoms. The lowest BCUT2D eigenvalue weighted by Crippen LogP contribution is -2.54. The molecule has 1 aromatic carbocycles. The van der Waals surface area contributed by atoms with Crippen LogP contribution in [0.25, 0.3) is 0 Å². The Morgan fingerprint density at radius 1 is 1.00 bits per heavy atom. The summed E-state index contributed by atoms with van der Waals surface area (Å²) in [5, 5.41) is 0. The number of esters is 1. The number of carbonyl (C=O) groups excluding carboxylic acids is 2. The van der Waals surface area contributed by atoms with E-state index in [0.29, 0.717) is 6.54 Å². The van der Waals surface area contributed by atoms with E-state index in [0.717, 1.165) is 51.5 Å². The Balaban J connectivity index is 1.19. The number of likely N-dealkylation sites (N-methyl/N-ethyl adjacent to an activating group) is 1. The van der Waals surface area contributed by atoms with Crippen molar-refractivity contribution < 1.29 is 19.1 Å². The van der Waals surface area contributed by atoms with Gasteiger partial charge < -0.3 is 14.4 Å². The molecule has 8 nitrogen and oxygen atoms in total. The van der Waals surface area contributed by atoms with Crippen LogP contribution in [0.1, 0.15) is 37.7 Å². The van der Waals surface area contributed by atoms with Gasteiger partial charge in [-0.05, 0) is 43.8 Å². The molecule has 1 amide bonds. The number of piperazine rings is 1. The lowest BCUT2D eigenvalue weighted by molar-refractivity contribution is -0.142. The fourth-order valence-corrected chi connectivity index (χ4v) is 5.56. The van der Waals surface area contributed by atoms with Crippen LogP contribution in [0.4, 0.5) is 4.79 Å². The number of carbonyl (C=O) groups is 2. The van der Waals surface area contributed by atoms with Gasteiger partial charge in [0.05, 0.1) is 19.7 Å². The summed E-state index contributed by atoms with van der Waals surface area (Å²) in [6.07, 6.45) is 5.42. The summed E-state index contributed by atoms with van der Waals surface area (Å²) in [5.74, 6) is 0.569. The second-order valence-electron chi connectivity index (χ2n) is 9.98. The number of likely N-dealkylation sites (tertiary alicyclic amines) is 1. The zero-order chi connectivity index (χ0) is 23.9. The number of ether oxygens (including phenoxy) is 2. The van der Waals surface area contributed by atoms with Crippen molar-refractivity contribution in [3.8, 4) is 0 Å². The number of hydrogen-bond acceptors (Lipinski definition) is 7. The van der Waals surface area contributed by atoms with Gasteiger partial charge in [-0.25, -0.2) is 4.79 Å². The molecular weight excluding hydrogens is 432 g/mol. The minimum atomic E-state index is -0.221. The third kappa shape index (κ3) is 6.49. The van der Waals surface area contributed by atoms with E-state index in [1.807, 2.05) is 7.05 Å². The molecule has 2 unspecified atom stereocenters. The van der Waals surface area contributed by atoms with Crippen molar-refractivity contribution in [1.82, 2.24) is 19.6 Å². The van der Waals surface area contributed by atoms with Gasteiger partial charge in [0, 0.05) is 39.8 Å². The number of benzene rings is 1. The Morgan fingerprint density at radius 2 is 1.71 bits per heavy atom. The minimum Gasteiger partial charge on any atom is -0.468 e. The van der Waals surface area contributed by atoms with Gasteiger partial charge >= 0.3 is 12.1 Å². The van der Waals surface area contributed by atoms with Crippen LogP contribution in [0, 0.1) is 5.92 Å². The van der Waals surface area contributed by atoms with E-state index in [1.165, 1.54) is 45.0 Å². The number of piperidine rings is 1. The Hall–Kier alpha value is -2.16. The van der Waals surface area contributed by atoms with Crippen LogP contribution in [-0.2, 0) is 20.8 Å². The lowest BCUT2D eigenvalue weighted by Gasteiger charge is -2.38. The molecule has 0 N–H and O–H groups in total. The first-order valence-corrected chi connectivity index (χ1v) is 12.8. The van der Waals surface area contributed by atoms with E-state index in [2.05, 4.69) is 45.0 Å². The maximum absolute atomic E-state index is 12.3. The van der Waals surface area contributed by atoms with Crippen LogP contribution in [0.2, 0.25) is 0 Å². The molecule has 8 heteroatoms. The van der Waals surface area contributed by atoms with Crippen molar-refractivity contribution in [2.45, 2.75) is 50.9 Å². The van der Waals surface area contributed by atoms with Crippen LogP contribution in [0.15, 0.2) is 30.3 Å².